The van der Waals surface area contributed by atoms with Gasteiger partial charge in [0, 0.05) is 15.5 Å². The fourth-order valence-corrected chi connectivity index (χ4v) is 2.47. The summed E-state index contributed by atoms with van der Waals surface area (Å²) in [5, 5.41) is 5.04. The molecule has 98 valence electrons. The Balaban J connectivity index is 1.85. The predicted molar refractivity (Wildman–Crippen MR) is 76.8 cm³/mol. The highest BCUT2D eigenvalue weighted by Gasteiger charge is 2.09. The number of hydrogen-bond donors (Lipinski definition) is 1. The second-order valence-corrected chi connectivity index (χ2v) is 5.44. The molecular formula is C14H12ClNO2S. The van der Waals surface area contributed by atoms with Gasteiger partial charge in [-0.3, -0.25) is 9.59 Å². The Morgan fingerprint density at radius 3 is 2.74 bits per heavy atom. The molecule has 1 amide bonds. The number of hydrogen-bond acceptors (Lipinski definition) is 3. The van der Waals surface area contributed by atoms with E-state index in [0.29, 0.717) is 17.0 Å². The first-order valence-corrected chi connectivity index (χ1v) is 6.99. The van der Waals surface area contributed by atoms with Gasteiger partial charge in [-0.15, -0.1) is 11.3 Å². The number of thiophene rings is 1. The number of halogens is 1. The van der Waals surface area contributed by atoms with Crippen LogP contribution in [0.25, 0.3) is 0 Å². The molecule has 0 aliphatic carbocycles. The summed E-state index contributed by atoms with van der Waals surface area (Å²) in [7, 11) is 0. The zero-order valence-corrected chi connectivity index (χ0v) is 11.6. The standard InChI is InChI=1S/C14H12ClNO2S/c15-11-4-1-3-10(7-11)13(17)9-16-14(18)8-12-5-2-6-19-12/h1-7H,8-9H2,(H,16,18). The van der Waals surface area contributed by atoms with Crippen molar-refractivity contribution in [2.75, 3.05) is 6.54 Å². The van der Waals surface area contributed by atoms with Crippen molar-refractivity contribution in [2.24, 2.45) is 0 Å². The lowest BCUT2D eigenvalue weighted by Gasteiger charge is -2.04. The highest BCUT2D eigenvalue weighted by molar-refractivity contribution is 7.10. The fraction of sp³-hybridized carbons (Fsp3) is 0.143. The lowest BCUT2D eigenvalue weighted by molar-refractivity contribution is -0.120. The minimum absolute atomic E-state index is 0.00937. The Hall–Kier alpha value is -1.65. The number of ketones is 1. The third-order valence-corrected chi connectivity index (χ3v) is 3.62. The molecule has 0 aliphatic rings. The van der Waals surface area contributed by atoms with Crippen LogP contribution in [0.5, 0.6) is 0 Å². The van der Waals surface area contributed by atoms with Gasteiger partial charge < -0.3 is 5.32 Å². The molecular weight excluding hydrogens is 282 g/mol. The van der Waals surface area contributed by atoms with Gasteiger partial charge in [0.15, 0.2) is 5.78 Å². The average molecular weight is 294 g/mol. The summed E-state index contributed by atoms with van der Waals surface area (Å²) in [6.07, 6.45) is 0.306. The first-order valence-electron chi connectivity index (χ1n) is 5.73. The Morgan fingerprint density at radius 1 is 1.21 bits per heavy atom. The number of carbonyl (C=O) groups is 2. The van der Waals surface area contributed by atoms with Crippen LogP contribution >= 0.6 is 22.9 Å². The van der Waals surface area contributed by atoms with Gasteiger partial charge in [0.05, 0.1) is 13.0 Å². The lowest BCUT2D eigenvalue weighted by Crippen LogP contribution is -2.30. The largest absolute Gasteiger partial charge is 0.348 e. The van der Waals surface area contributed by atoms with Gasteiger partial charge in [-0.05, 0) is 23.6 Å². The van der Waals surface area contributed by atoms with Gasteiger partial charge in [0.2, 0.25) is 5.91 Å². The van der Waals surface area contributed by atoms with Gasteiger partial charge in [-0.25, -0.2) is 0 Å². The van der Waals surface area contributed by atoms with E-state index in [0.717, 1.165) is 4.88 Å². The molecule has 0 unspecified atom stereocenters. The van der Waals surface area contributed by atoms with Crippen LogP contribution in [-0.2, 0) is 11.2 Å². The van der Waals surface area contributed by atoms with Crippen LogP contribution in [0.4, 0.5) is 0 Å². The molecule has 0 saturated carbocycles. The molecule has 5 heteroatoms. The second-order valence-electron chi connectivity index (χ2n) is 3.97. The van der Waals surface area contributed by atoms with E-state index in [4.69, 9.17) is 11.6 Å². The van der Waals surface area contributed by atoms with Crippen molar-refractivity contribution in [2.45, 2.75) is 6.42 Å². The third-order valence-electron chi connectivity index (χ3n) is 2.51. The molecule has 1 heterocycles. The molecule has 0 saturated heterocycles. The maximum absolute atomic E-state index is 11.8. The maximum Gasteiger partial charge on any atom is 0.225 e. The number of nitrogens with one attached hydrogen (secondary N) is 1. The summed E-state index contributed by atoms with van der Waals surface area (Å²) in [5.41, 5.74) is 0.504. The van der Waals surface area contributed by atoms with Crippen LogP contribution < -0.4 is 5.32 Å². The molecule has 19 heavy (non-hydrogen) atoms. The van der Waals surface area contributed by atoms with Crippen LogP contribution in [0.15, 0.2) is 41.8 Å². The van der Waals surface area contributed by atoms with E-state index in [2.05, 4.69) is 5.32 Å². The van der Waals surface area contributed by atoms with Crippen LogP contribution in [0.2, 0.25) is 5.02 Å². The highest BCUT2D eigenvalue weighted by atomic mass is 35.5. The van der Waals surface area contributed by atoms with Crippen LogP contribution in [0.3, 0.4) is 0 Å². The van der Waals surface area contributed by atoms with E-state index in [1.54, 1.807) is 24.3 Å². The van der Waals surface area contributed by atoms with Crippen molar-refractivity contribution in [3.8, 4) is 0 Å². The monoisotopic (exact) mass is 293 g/mol. The number of benzene rings is 1. The maximum atomic E-state index is 11.8. The summed E-state index contributed by atoms with van der Waals surface area (Å²) in [6.45, 7) is -0.00937. The van der Waals surface area contributed by atoms with Crippen molar-refractivity contribution in [1.29, 1.82) is 0 Å². The molecule has 0 radical (unpaired) electrons. The Bertz CT molecular complexity index is 581. The third kappa shape index (κ3) is 4.19. The number of rotatable bonds is 5. The van der Waals surface area contributed by atoms with E-state index < -0.39 is 0 Å². The molecule has 3 nitrogen and oxygen atoms in total. The van der Waals surface area contributed by atoms with Crippen molar-refractivity contribution >= 4 is 34.6 Å². The van der Waals surface area contributed by atoms with Gasteiger partial charge in [-0.2, -0.15) is 0 Å². The molecule has 0 spiro atoms. The van der Waals surface area contributed by atoms with Crippen LogP contribution in [0.1, 0.15) is 15.2 Å². The summed E-state index contributed by atoms with van der Waals surface area (Å²) in [4.78, 5) is 24.4. The average Bonchev–Trinajstić information content (AvgIpc) is 2.88. The van der Waals surface area contributed by atoms with Gasteiger partial charge in [0.1, 0.15) is 0 Å². The predicted octanol–water partition coefficient (Wildman–Crippen LogP) is 2.94. The Kier molecular flexibility index (Phi) is 4.71. The van der Waals surface area contributed by atoms with Gasteiger partial charge in [-0.1, -0.05) is 29.8 Å². The quantitative estimate of drug-likeness (QED) is 0.862. The SMILES string of the molecule is O=C(Cc1cccs1)NCC(=O)c1cccc(Cl)c1. The van der Waals surface area contributed by atoms with E-state index in [-0.39, 0.29) is 18.2 Å². The van der Waals surface area contributed by atoms with Crippen molar-refractivity contribution in [3.63, 3.8) is 0 Å². The summed E-state index contributed by atoms with van der Waals surface area (Å²) in [6, 6.07) is 10.5. The molecule has 2 rings (SSSR count). The van der Waals surface area contributed by atoms with Crippen LogP contribution in [0, 0.1) is 0 Å². The first-order chi connectivity index (χ1) is 9.15. The minimum atomic E-state index is -0.155. The number of amides is 1. The molecule has 0 bridgehead atoms. The molecule has 1 N–H and O–H groups in total. The Morgan fingerprint density at radius 2 is 2.05 bits per heavy atom. The topological polar surface area (TPSA) is 46.2 Å². The zero-order valence-electron chi connectivity index (χ0n) is 10.1. The van der Waals surface area contributed by atoms with E-state index in [1.165, 1.54) is 11.3 Å². The Labute approximate surface area is 120 Å². The zero-order chi connectivity index (χ0) is 13.7. The molecule has 1 aromatic carbocycles. The van der Waals surface area contributed by atoms with Gasteiger partial charge in [0.25, 0.3) is 0 Å². The van der Waals surface area contributed by atoms with Crippen LogP contribution in [-0.4, -0.2) is 18.2 Å². The molecule has 0 aliphatic heterocycles. The normalized spacial score (nSPS) is 10.2. The van der Waals surface area contributed by atoms with Gasteiger partial charge >= 0.3 is 0 Å². The molecule has 0 atom stereocenters. The van der Waals surface area contributed by atoms with Crippen molar-refractivity contribution < 1.29 is 9.59 Å². The molecule has 2 aromatic rings. The minimum Gasteiger partial charge on any atom is -0.348 e. The van der Waals surface area contributed by atoms with E-state index in [9.17, 15) is 9.59 Å². The number of carbonyl (C=O) groups excluding carboxylic acids is 2. The summed E-state index contributed by atoms with van der Waals surface area (Å²) < 4.78 is 0. The first kappa shape index (κ1) is 13.8. The summed E-state index contributed by atoms with van der Waals surface area (Å²) >= 11 is 7.33. The smallest absolute Gasteiger partial charge is 0.225 e. The van der Waals surface area contributed by atoms with Crippen molar-refractivity contribution in [1.82, 2.24) is 5.32 Å². The second kappa shape index (κ2) is 6.50. The number of Topliss-reactive ketones (excluding diaryl/α,β-unsaturated/α-hetero) is 1. The van der Waals surface area contributed by atoms with E-state index in [1.807, 2.05) is 17.5 Å². The van der Waals surface area contributed by atoms with Crippen molar-refractivity contribution in [3.05, 3.63) is 57.2 Å². The summed E-state index contributed by atoms with van der Waals surface area (Å²) in [5.74, 6) is -0.306. The fourth-order valence-electron chi connectivity index (χ4n) is 1.58. The van der Waals surface area contributed by atoms with E-state index >= 15 is 0 Å². The molecule has 0 fully saturated rings. The highest BCUT2D eigenvalue weighted by Crippen LogP contribution is 2.11. The molecule has 1 aromatic heterocycles. The lowest BCUT2D eigenvalue weighted by atomic mass is 10.1.